The van der Waals surface area contributed by atoms with Crippen molar-refractivity contribution in [3.05, 3.63) is 91.4 Å². The first-order valence-electron chi connectivity index (χ1n) is 10.4. The van der Waals surface area contributed by atoms with Crippen molar-refractivity contribution in [2.24, 2.45) is 5.92 Å². The number of hydrogen-bond acceptors (Lipinski definition) is 5. The summed E-state index contributed by atoms with van der Waals surface area (Å²) in [6, 6.07) is 17.9. The molecule has 1 heterocycles. The van der Waals surface area contributed by atoms with E-state index in [0.717, 1.165) is 22.0 Å². The van der Waals surface area contributed by atoms with Crippen LogP contribution in [0.1, 0.15) is 29.5 Å². The Hall–Kier alpha value is -1.93. The van der Waals surface area contributed by atoms with Crippen LogP contribution in [0.2, 0.25) is 5.02 Å². The number of alkyl halides is 1. The van der Waals surface area contributed by atoms with Gasteiger partial charge < -0.3 is 10.4 Å². The molecular formula is C24H19BrCl2N2O3S. The van der Waals surface area contributed by atoms with Crippen LogP contribution >= 0.6 is 50.9 Å². The Morgan fingerprint density at radius 1 is 1.12 bits per heavy atom. The summed E-state index contributed by atoms with van der Waals surface area (Å²) in [5, 5.41) is 26.1. The number of phenolic OH excluding ortho intramolecular Hbond substituents is 1. The molecule has 0 radical (unpaired) electrons. The lowest BCUT2D eigenvalue weighted by atomic mass is 9.77. The molecule has 1 saturated carbocycles. The molecule has 33 heavy (non-hydrogen) atoms. The molecule has 3 aromatic carbocycles. The van der Waals surface area contributed by atoms with Crippen molar-refractivity contribution in [3.63, 3.8) is 0 Å². The van der Waals surface area contributed by atoms with E-state index in [1.807, 2.05) is 36.4 Å². The van der Waals surface area contributed by atoms with Gasteiger partial charge in [0.25, 0.3) is 5.69 Å². The second-order valence-electron chi connectivity index (χ2n) is 8.28. The Morgan fingerprint density at radius 3 is 2.58 bits per heavy atom. The number of benzene rings is 3. The zero-order valence-electron chi connectivity index (χ0n) is 17.1. The molecule has 0 bridgehead atoms. The van der Waals surface area contributed by atoms with Gasteiger partial charge in [-0.3, -0.25) is 10.1 Å². The molecular weight excluding hydrogens is 547 g/mol. The highest BCUT2D eigenvalue weighted by atomic mass is 79.9. The van der Waals surface area contributed by atoms with Crippen LogP contribution in [0.15, 0.2) is 70.0 Å². The van der Waals surface area contributed by atoms with Crippen LogP contribution in [0, 0.1) is 16.0 Å². The Bertz CT molecular complexity index is 1230. The molecule has 3 aromatic rings. The molecule has 1 fully saturated rings. The van der Waals surface area contributed by atoms with Crippen LogP contribution in [0.4, 0.5) is 11.4 Å². The summed E-state index contributed by atoms with van der Waals surface area (Å²) < 4.78 is 0.884. The average molecular weight is 566 g/mol. The van der Waals surface area contributed by atoms with E-state index in [-0.39, 0.29) is 44.9 Å². The monoisotopic (exact) mass is 564 g/mol. The number of nitrogens with one attached hydrogen (secondary N) is 1. The Morgan fingerprint density at radius 2 is 1.85 bits per heavy atom. The van der Waals surface area contributed by atoms with Gasteiger partial charge in [-0.25, -0.2) is 0 Å². The number of nitro benzene ring substituents is 1. The number of anilines is 1. The van der Waals surface area contributed by atoms with E-state index >= 15 is 0 Å². The summed E-state index contributed by atoms with van der Waals surface area (Å²) in [5.74, 6) is 0.245. The Labute approximate surface area is 213 Å². The summed E-state index contributed by atoms with van der Waals surface area (Å²) in [6.07, 6.45) is 0.761. The van der Waals surface area contributed by atoms with Crippen molar-refractivity contribution >= 4 is 62.3 Å². The minimum atomic E-state index is -0.352. The van der Waals surface area contributed by atoms with Gasteiger partial charge in [0.1, 0.15) is 5.75 Å². The summed E-state index contributed by atoms with van der Waals surface area (Å²) in [5.41, 5.74) is 2.77. The van der Waals surface area contributed by atoms with Crippen molar-refractivity contribution in [2.75, 3.05) is 5.32 Å². The van der Waals surface area contributed by atoms with Gasteiger partial charge in [-0.2, -0.15) is 0 Å². The SMILES string of the molecule is O=[N+]([O-])c1ccccc1SC1CC2C(c3ccc(Cl)cc3)Nc3c(O)ccc(Br)c3C2C1Cl. The standard InChI is InChI=1S/C24H19BrCl2N2O3S/c25-15-9-10-17(30)24-21(15)20-14(23(28-24)12-5-7-13(26)8-6-12)11-19(22(20)27)33-18-4-2-1-3-16(18)29(31)32/h1-10,14,19-20,22-23,28,30H,11H2. The van der Waals surface area contributed by atoms with Crippen LogP contribution in [-0.4, -0.2) is 20.7 Å². The number of hydrogen-bond donors (Lipinski definition) is 2. The molecule has 9 heteroatoms. The molecule has 5 rings (SSSR count). The first-order valence-corrected chi connectivity index (χ1v) is 12.9. The molecule has 0 spiro atoms. The second-order valence-corrected chi connectivity index (χ2v) is 11.4. The lowest BCUT2D eigenvalue weighted by Crippen LogP contribution is -2.31. The van der Waals surface area contributed by atoms with E-state index in [2.05, 4.69) is 21.2 Å². The molecule has 170 valence electrons. The molecule has 0 saturated heterocycles. The summed E-state index contributed by atoms with van der Waals surface area (Å²) in [6.45, 7) is 0. The molecule has 1 aliphatic carbocycles. The zero-order chi connectivity index (χ0) is 23.3. The summed E-state index contributed by atoms with van der Waals surface area (Å²) in [4.78, 5) is 11.8. The maximum Gasteiger partial charge on any atom is 0.282 e. The fourth-order valence-corrected chi connectivity index (χ4v) is 7.69. The van der Waals surface area contributed by atoms with Crippen molar-refractivity contribution in [3.8, 4) is 5.75 Å². The van der Waals surface area contributed by atoms with E-state index in [1.54, 1.807) is 18.2 Å². The second kappa shape index (κ2) is 9.02. The molecule has 2 aliphatic rings. The number of rotatable bonds is 4. The van der Waals surface area contributed by atoms with Crippen molar-refractivity contribution in [1.29, 1.82) is 0 Å². The van der Waals surface area contributed by atoms with Gasteiger partial charge >= 0.3 is 0 Å². The molecule has 0 amide bonds. The molecule has 5 nitrogen and oxygen atoms in total. The number of nitrogens with zero attached hydrogens (tertiary/aromatic N) is 1. The van der Waals surface area contributed by atoms with E-state index < -0.39 is 0 Å². The fourth-order valence-electron chi connectivity index (χ4n) is 5.04. The van der Waals surface area contributed by atoms with Gasteiger partial charge in [-0.1, -0.05) is 51.8 Å². The highest BCUT2D eigenvalue weighted by molar-refractivity contribution is 9.10. The molecule has 2 N–H and O–H groups in total. The molecule has 0 aromatic heterocycles. The number of thioether (sulfide) groups is 1. The van der Waals surface area contributed by atoms with E-state index in [1.165, 1.54) is 17.8 Å². The maximum absolute atomic E-state index is 11.5. The number of fused-ring (bicyclic) bond motifs is 3. The first-order chi connectivity index (χ1) is 15.8. The van der Waals surface area contributed by atoms with Gasteiger partial charge in [0.2, 0.25) is 0 Å². The third-order valence-electron chi connectivity index (χ3n) is 6.47. The predicted octanol–water partition coefficient (Wildman–Crippen LogP) is 7.75. The highest BCUT2D eigenvalue weighted by Crippen LogP contribution is 2.60. The van der Waals surface area contributed by atoms with Crippen LogP contribution in [0.3, 0.4) is 0 Å². The van der Waals surface area contributed by atoms with Crippen molar-refractivity contribution < 1.29 is 10.0 Å². The van der Waals surface area contributed by atoms with Gasteiger partial charge in [0.05, 0.1) is 26.9 Å². The van der Waals surface area contributed by atoms with Gasteiger partial charge in [0.15, 0.2) is 0 Å². The maximum atomic E-state index is 11.5. The van der Waals surface area contributed by atoms with E-state index in [0.29, 0.717) is 15.6 Å². The van der Waals surface area contributed by atoms with E-state index in [4.69, 9.17) is 23.2 Å². The third-order valence-corrected chi connectivity index (χ3v) is 9.52. The number of halogens is 3. The quantitative estimate of drug-likeness (QED) is 0.146. The number of phenols is 1. The first kappa shape index (κ1) is 22.8. The minimum absolute atomic E-state index is 0.0421. The third kappa shape index (κ3) is 4.09. The topological polar surface area (TPSA) is 75.4 Å². The Kier molecular flexibility index (Phi) is 6.25. The zero-order valence-corrected chi connectivity index (χ0v) is 21.0. The van der Waals surface area contributed by atoms with Gasteiger partial charge in [-0.15, -0.1) is 23.4 Å². The number of aromatic hydroxyl groups is 1. The van der Waals surface area contributed by atoms with Crippen LogP contribution < -0.4 is 5.32 Å². The molecule has 1 aliphatic heterocycles. The van der Waals surface area contributed by atoms with Crippen LogP contribution in [0.25, 0.3) is 0 Å². The smallest absolute Gasteiger partial charge is 0.282 e. The molecule has 5 unspecified atom stereocenters. The average Bonchev–Trinajstić information content (AvgIpc) is 3.12. The lowest BCUT2D eigenvalue weighted by Gasteiger charge is -2.39. The van der Waals surface area contributed by atoms with Gasteiger partial charge in [-0.05, 0) is 53.8 Å². The minimum Gasteiger partial charge on any atom is -0.506 e. The lowest BCUT2D eigenvalue weighted by molar-refractivity contribution is -0.387. The Balaban J connectivity index is 1.57. The van der Waals surface area contributed by atoms with Crippen molar-refractivity contribution in [1.82, 2.24) is 0 Å². The number of para-hydroxylation sites is 1. The van der Waals surface area contributed by atoms with E-state index in [9.17, 15) is 15.2 Å². The number of nitro groups is 1. The van der Waals surface area contributed by atoms with Gasteiger partial charge in [0, 0.05) is 26.7 Å². The summed E-state index contributed by atoms with van der Waals surface area (Å²) >= 11 is 18.4. The highest BCUT2D eigenvalue weighted by Gasteiger charge is 2.51. The summed E-state index contributed by atoms with van der Waals surface area (Å²) in [7, 11) is 0. The van der Waals surface area contributed by atoms with Crippen LogP contribution in [0.5, 0.6) is 5.75 Å². The normalized spacial score (nSPS) is 25.7. The largest absolute Gasteiger partial charge is 0.506 e. The predicted molar refractivity (Wildman–Crippen MR) is 137 cm³/mol. The van der Waals surface area contributed by atoms with Crippen molar-refractivity contribution in [2.45, 2.75) is 33.9 Å². The molecule has 5 atom stereocenters. The fraction of sp³-hybridized carbons (Fsp3) is 0.250. The van der Waals surface area contributed by atoms with Crippen LogP contribution in [-0.2, 0) is 0 Å².